The average Bonchev–Trinajstić information content (AvgIpc) is 2.04. The first-order valence-electron chi connectivity index (χ1n) is 4.26. The van der Waals surface area contributed by atoms with E-state index in [1.807, 2.05) is 13.8 Å². The molecule has 0 saturated carbocycles. The minimum atomic E-state index is 0.453. The Morgan fingerprint density at radius 1 is 1.38 bits per heavy atom. The fraction of sp³-hybridized carbons (Fsp3) is 0.500. The molecule has 13 heavy (non-hydrogen) atoms. The van der Waals surface area contributed by atoms with Crippen LogP contribution in [0.5, 0.6) is 0 Å². The molecule has 0 aliphatic carbocycles. The number of aromatic nitrogens is 2. The highest BCUT2D eigenvalue weighted by atomic mass is 32.1. The molecule has 0 aliphatic rings. The quantitative estimate of drug-likeness (QED) is 0.704. The summed E-state index contributed by atoms with van der Waals surface area (Å²) in [4.78, 5) is 4.05. The van der Waals surface area contributed by atoms with Crippen molar-refractivity contribution in [2.75, 3.05) is 11.5 Å². The number of rotatable bonds is 2. The summed E-state index contributed by atoms with van der Waals surface area (Å²) in [6, 6.07) is 0. The normalized spacial score (nSPS) is 10.3. The monoisotopic (exact) mass is 198 g/mol. The van der Waals surface area contributed by atoms with Gasteiger partial charge in [0.25, 0.3) is 0 Å². The third kappa shape index (κ3) is 1.65. The highest BCUT2D eigenvalue weighted by Crippen LogP contribution is 2.18. The SMILES string of the molecule is CCc1c(N)nc(=S)n(CC)c1N. The molecule has 0 atom stereocenters. The van der Waals surface area contributed by atoms with Crippen LogP contribution < -0.4 is 11.5 Å². The van der Waals surface area contributed by atoms with Gasteiger partial charge in [0.1, 0.15) is 11.6 Å². The zero-order valence-corrected chi connectivity index (χ0v) is 8.69. The molecule has 72 valence electrons. The standard InChI is InChI=1S/C8H14N4S/c1-3-5-6(9)11-8(13)12(4-2)7(5)10/h3-4,10H2,1-2H3,(H2,9,11,13). The largest absolute Gasteiger partial charge is 0.385 e. The molecule has 0 amide bonds. The summed E-state index contributed by atoms with van der Waals surface area (Å²) in [6.45, 7) is 4.70. The van der Waals surface area contributed by atoms with Gasteiger partial charge in [-0.15, -0.1) is 0 Å². The summed E-state index contributed by atoms with van der Waals surface area (Å²) in [5.41, 5.74) is 12.5. The van der Waals surface area contributed by atoms with Gasteiger partial charge in [0.2, 0.25) is 4.77 Å². The molecule has 1 aromatic rings. The molecule has 0 fully saturated rings. The maximum atomic E-state index is 5.88. The van der Waals surface area contributed by atoms with E-state index in [4.69, 9.17) is 23.7 Å². The molecule has 0 saturated heterocycles. The molecule has 4 nitrogen and oxygen atoms in total. The second-order valence-corrected chi connectivity index (χ2v) is 3.11. The lowest BCUT2D eigenvalue weighted by atomic mass is 10.2. The second kappa shape index (κ2) is 3.74. The van der Waals surface area contributed by atoms with Gasteiger partial charge in [0, 0.05) is 12.1 Å². The molecule has 0 unspecified atom stereocenters. The van der Waals surface area contributed by atoms with Gasteiger partial charge in [0.15, 0.2) is 0 Å². The van der Waals surface area contributed by atoms with Crippen molar-refractivity contribution in [3.8, 4) is 0 Å². The van der Waals surface area contributed by atoms with E-state index in [-0.39, 0.29) is 0 Å². The summed E-state index contributed by atoms with van der Waals surface area (Å²) >= 11 is 5.03. The minimum absolute atomic E-state index is 0.453. The van der Waals surface area contributed by atoms with Gasteiger partial charge in [-0.25, -0.2) is 4.98 Å². The van der Waals surface area contributed by atoms with Crippen molar-refractivity contribution in [3.05, 3.63) is 10.3 Å². The van der Waals surface area contributed by atoms with Crippen LogP contribution in [0.25, 0.3) is 0 Å². The third-order valence-corrected chi connectivity index (χ3v) is 2.34. The Morgan fingerprint density at radius 2 is 2.00 bits per heavy atom. The highest BCUT2D eigenvalue weighted by Gasteiger charge is 2.07. The van der Waals surface area contributed by atoms with Gasteiger partial charge in [-0.05, 0) is 25.6 Å². The Morgan fingerprint density at radius 3 is 2.46 bits per heavy atom. The van der Waals surface area contributed by atoms with E-state index in [9.17, 15) is 0 Å². The molecule has 1 aromatic heterocycles. The van der Waals surface area contributed by atoms with Crippen LogP contribution in [0, 0.1) is 4.77 Å². The van der Waals surface area contributed by atoms with E-state index in [0.717, 1.165) is 18.5 Å². The van der Waals surface area contributed by atoms with Crippen LogP contribution in [0.2, 0.25) is 0 Å². The Balaban J connectivity index is 3.48. The van der Waals surface area contributed by atoms with Crippen LogP contribution in [-0.2, 0) is 13.0 Å². The fourth-order valence-corrected chi connectivity index (χ4v) is 1.62. The molecule has 0 bridgehead atoms. The van der Waals surface area contributed by atoms with Crippen molar-refractivity contribution in [1.29, 1.82) is 0 Å². The van der Waals surface area contributed by atoms with Gasteiger partial charge in [-0.2, -0.15) is 0 Å². The topological polar surface area (TPSA) is 69.9 Å². The van der Waals surface area contributed by atoms with Crippen LogP contribution in [-0.4, -0.2) is 9.55 Å². The van der Waals surface area contributed by atoms with E-state index >= 15 is 0 Å². The Hall–Kier alpha value is -1.10. The van der Waals surface area contributed by atoms with Gasteiger partial charge in [-0.1, -0.05) is 6.92 Å². The lowest BCUT2D eigenvalue weighted by molar-refractivity contribution is 0.726. The fourth-order valence-electron chi connectivity index (χ4n) is 1.30. The summed E-state index contributed by atoms with van der Waals surface area (Å²) in [6.07, 6.45) is 0.778. The molecule has 1 heterocycles. The predicted octanol–water partition coefficient (Wildman–Crippen LogP) is 1.36. The lowest BCUT2D eigenvalue weighted by Crippen LogP contribution is -2.13. The number of nitrogens with two attached hydrogens (primary N) is 2. The van der Waals surface area contributed by atoms with Gasteiger partial charge in [0.05, 0.1) is 0 Å². The van der Waals surface area contributed by atoms with E-state index in [0.29, 0.717) is 16.4 Å². The van der Waals surface area contributed by atoms with Crippen LogP contribution >= 0.6 is 12.2 Å². The number of nitrogen functional groups attached to an aromatic ring is 2. The van der Waals surface area contributed by atoms with Crippen LogP contribution in [0.15, 0.2) is 0 Å². The predicted molar refractivity (Wildman–Crippen MR) is 56.9 cm³/mol. The summed E-state index contributed by atoms with van der Waals surface area (Å²) in [5.74, 6) is 1.09. The van der Waals surface area contributed by atoms with Crippen LogP contribution in [0.1, 0.15) is 19.4 Å². The summed E-state index contributed by atoms with van der Waals surface area (Å²) < 4.78 is 2.24. The molecule has 1 rings (SSSR count). The first-order chi connectivity index (χ1) is 6.11. The molecular formula is C8H14N4S. The summed E-state index contributed by atoms with van der Waals surface area (Å²) in [7, 11) is 0. The van der Waals surface area contributed by atoms with Crippen LogP contribution in [0.4, 0.5) is 11.6 Å². The Bertz CT molecular complexity index is 369. The van der Waals surface area contributed by atoms with E-state index in [1.165, 1.54) is 0 Å². The van der Waals surface area contributed by atoms with Crippen molar-refractivity contribution in [2.45, 2.75) is 26.8 Å². The van der Waals surface area contributed by atoms with E-state index in [1.54, 1.807) is 4.57 Å². The maximum Gasteiger partial charge on any atom is 0.202 e. The number of anilines is 2. The Labute approximate surface area is 82.6 Å². The number of nitrogens with zero attached hydrogens (tertiary/aromatic N) is 2. The minimum Gasteiger partial charge on any atom is -0.385 e. The van der Waals surface area contributed by atoms with Crippen molar-refractivity contribution in [3.63, 3.8) is 0 Å². The number of hydrogen-bond donors (Lipinski definition) is 2. The molecule has 4 N–H and O–H groups in total. The van der Waals surface area contributed by atoms with Crippen molar-refractivity contribution >= 4 is 23.9 Å². The molecule has 0 radical (unpaired) electrons. The molecule has 0 aromatic carbocycles. The smallest absolute Gasteiger partial charge is 0.202 e. The summed E-state index contributed by atoms with van der Waals surface area (Å²) in [5, 5.41) is 0. The van der Waals surface area contributed by atoms with Gasteiger partial charge >= 0.3 is 0 Å². The van der Waals surface area contributed by atoms with Crippen molar-refractivity contribution in [2.24, 2.45) is 0 Å². The van der Waals surface area contributed by atoms with Crippen molar-refractivity contribution in [1.82, 2.24) is 9.55 Å². The van der Waals surface area contributed by atoms with Crippen LogP contribution in [0.3, 0.4) is 0 Å². The molecule has 5 heteroatoms. The number of hydrogen-bond acceptors (Lipinski definition) is 4. The van der Waals surface area contributed by atoms with E-state index in [2.05, 4.69) is 4.98 Å². The average molecular weight is 198 g/mol. The maximum absolute atomic E-state index is 5.88. The third-order valence-electron chi connectivity index (χ3n) is 2.03. The zero-order valence-electron chi connectivity index (χ0n) is 7.87. The lowest BCUT2D eigenvalue weighted by Gasteiger charge is -2.12. The molecule has 0 spiro atoms. The molecule has 0 aliphatic heterocycles. The Kier molecular flexibility index (Phi) is 2.87. The first kappa shape index (κ1) is 9.98. The zero-order chi connectivity index (χ0) is 10.0. The van der Waals surface area contributed by atoms with E-state index < -0.39 is 0 Å². The van der Waals surface area contributed by atoms with Gasteiger partial charge in [-0.3, -0.25) is 0 Å². The van der Waals surface area contributed by atoms with Crippen molar-refractivity contribution < 1.29 is 0 Å². The highest BCUT2D eigenvalue weighted by molar-refractivity contribution is 7.71. The van der Waals surface area contributed by atoms with Gasteiger partial charge < -0.3 is 16.0 Å². The first-order valence-corrected chi connectivity index (χ1v) is 4.67. The molecular weight excluding hydrogens is 184 g/mol. The second-order valence-electron chi connectivity index (χ2n) is 2.74.